The van der Waals surface area contributed by atoms with Crippen molar-refractivity contribution in [2.24, 2.45) is 0 Å². The second-order valence-electron chi connectivity index (χ2n) is 4.06. The quantitative estimate of drug-likeness (QED) is 0.823. The van der Waals surface area contributed by atoms with Crippen molar-refractivity contribution in [3.8, 4) is 5.69 Å². The van der Waals surface area contributed by atoms with Gasteiger partial charge in [0.05, 0.1) is 5.69 Å². The van der Waals surface area contributed by atoms with Crippen molar-refractivity contribution in [1.82, 2.24) is 9.78 Å². The number of fused-ring (bicyclic) bond motifs is 1. The summed E-state index contributed by atoms with van der Waals surface area (Å²) in [5.41, 5.74) is 9.34. The fourth-order valence-corrected chi connectivity index (χ4v) is 2.47. The van der Waals surface area contributed by atoms with Gasteiger partial charge in [-0.15, -0.1) is 0 Å². The molecule has 0 fully saturated rings. The maximum absolute atomic E-state index is 5.98. The highest BCUT2D eigenvalue weighted by atomic mass is 35.5. The molecule has 3 rings (SSSR count). The van der Waals surface area contributed by atoms with Crippen LogP contribution in [0.2, 0.25) is 5.02 Å². The van der Waals surface area contributed by atoms with Crippen LogP contribution < -0.4 is 5.73 Å². The summed E-state index contributed by atoms with van der Waals surface area (Å²) >= 11 is 5.98. The van der Waals surface area contributed by atoms with Crippen LogP contribution in [0.25, 0.3) is 5.69 Å². The van der Waals surface area contributed by atoms with Crippen LogP contribution >= 0.6 is 11.6 Å². The molecule has 0 saturated carbocycles. The molecule has 2 N–H and O–H groups in total. The number of hydrogen-bond donors (Lipinski definition) is 1. The highest BCUT2D eigenvalue weighted by molar-refractivity contribution is 6.30. The molecule has 0 spiro atoms. The third-order valence-electron chi connectivity index (χ3n) is 3.01. The van der Waals surface area contributed by atoms with Gasteiger partial charge in [-0.3, -0.25) is 0 Å². The number of benzene rings is 1. The number of nitrogen functional groups attached to an aromatic ring is 1. The standard InChI is InChI=1S/C12H12ClN3/c13-8-3-1-4-9(7-8)16-11-6-2-5-10(11)12(14)15-16/h1,3-4,7H,2,5-6H2,(H2,14,15). The predicted molar refractivity (Wildman–Crippen MR) is 65.0 cm³/mol. The summed E-state index contributed by atoms with van der Waals surface area (Å²) in [6, 6.07) is 7.69. The summed E-state index contributed by atoms with van der Waals surface area (Å²) in [6.45, 7) is 0. The van der Waals surface area contributed by atoms with Gasteiger partial charge in [-0.2, -0.15) is 5.10 Å². The monoisotopic (exact) mass is 233 g/mol. The van der Waals surface area contributed by atoms with Gasteiger partial charge in [0, 0.05) is 16.3 Å². The van der Waals surface area contributed by atoms with Crippen LogP contribution in [0, 0.1) is 0 Å². The first-order valence-electron chi connectivity index (χ1n) is 5.38. The van der Waals surface area contributed by atoms with E-state index in [9.17, 15) is 0 Å². The molecule has 0 saturated heterocycles. The van der Waals surface area contributed by atoms with E-state index in [4.69, 9.17) is 17.3 Å². The first-order chi connectivity index (χ1) is 7.75. The molecule has 0 aliphatic heterocycles. The zero-order valence-corrected chi connectivity index (χ0v) is 9.54. The van der Waals surface area contributed by atoms with Gasteiger partial charge in [0.1, 0.15) is 5.82 Å². The van der Waals surface area contributed by atoms with Gasteiger partial charge in [-0.1, -0.05) is 17.7 Å². The number of halogens is 1. The van der Waals surface area contributed by atoms with Crippen LogP contribution in [0.4, 0.5) is 5.82 Å². The molecule has 2 aromatic rings. The molecule has 82 valence electrons. The summed E-state index contributed by atoms with van der Waals surface area (Å²) in [5.74, 6) is 0.660. The first-order valence-corrected chi connectivity index (χ1v) is 5.75. The highest BCUT2D eigenvalue weighted by Gasteiger charge is 2.21. The number of aromatic nitrogens is 2. The molecule has 4 heteroatoms. The molecule has 3 nitrogen and oxygen atoms in total. The van der Waals surface area contributed by atoms with Gasteiger partial charge in [-0.05, 0) is 37.5 Å². The Labute approximate surface area is 98.8 Å². The lowest BCUT2D eigenvalue weighted by Gasteiger charge is -2.05. The van der Waals surface area contributed by atoms with Crippen LogP contribution in [-0.2, 0) is 12.8 Å². The topological polar surface area (TPSA) is 43.8 Å². The first kappa shape index (κ1) is 9.73. The fourth-order valence-electron chi connectivity index (χ4n) is 2.29. The van der Waals surface area contributed by atoms with Crippen molar-refractivity contribution in [2.75, 3.05) is 5.73 Å². The molecule has 16 heavy (non-hydrogen) atoms. The van der Waals surface area contributed by atoms with Crippen molar-refractivity contribution >= 4 is 17.4 Å². The molecular formula is C12H12ClN3. The van der Waals surface area contributed by atoms with Crippen LogP contribution in [0.5, 0.6) is 0 Å². The van der Waals surface area contributed by atoms with E-state index in [0.717, 1.165) is 30.0 Å². The van der Waals surface area contributed by atoms with Gasteiger partial charge >= 0.3 is 0 Å². The third-order valence-corrected chi connectivity index (χ3v) is 3.25. The maximum atomic E-state index is 5.98. The Morgan fingerprint density at radius 1 is 1.31 bits per heavy atom. The Balaban J connectivity index is 2.17. The van der Waals surface area contributed by atoms with E-state index in [-0.39, 0.29) is 0 Å². The Hall–Kier alpha value is -1.48. The molecular weight excluding hydrogens is 222 g/mol. The third kappa shape index (κ3) is 1.39. The average Bonchev–Trinajstić information content (AvgIpc) is 2.83. The lowest BCUT2D eigenvalue weighted by Crippen LogP contribution is -2.01. The van der Waals surface area contributed by atoms with Gasteiger partial charge in [0.15, 0.2) is 0 Å². The molecule has 0 atom stereocenters. The highest BCUT2D eigenvalue weighted by Crippen LogP contribution is 2.29. The van der Waals surface area contributed by atoms with E-state index in [1.54, 1.807) is 0 Å². The maximum Gasteiger partial charge on any atom is 0.149 e. The molecule has 1 aromatic carbocycles. The molecule has 0 radical (unpaired) electrons. The van der Waals surface area contributed by atoms with Crippen molar-refractivity contribution < 1.29 is 0 Å². The molecule has 1 heterocycles. The second kappa shape index (κ2) is 3.52. The zero-order valence-electron chi connectivity index (χ0n) is 8.78. The number of rotatable bonds is 1. The Morgan fingerprint density at radius 3 is 3.00 bits per heavy atom. The molecule has 1 aliphatic carbocycles. The Morgan fingerprint density at radius 2 is 2.19 bits per heavy atom. The van der Waals surface area contributed by atoms with Crippen molar-refractivity contribution in [2.45, 2.75) is 19.3 Å². The Bertz CT molecular complexity index is 545. The van der Waals surface area contributed by atoms with E-state index >= 15 is 0 Å². The predicted octanol–water partition coefficient (Wildman–Crippen LogP) is 2.60. The SMILES string of the molecule is Nc1nn(-c2cccc(Cl)c2)c2c1CCC2. The fraction of sp³-hybridized carbons (Fsp3) is 0.250. The van der Waals surface area contributed by atoms with E-state index in [0.29, 0.717) is 5.82 Å². The van der Waals surface area contributed by atoms with Crippen LogP contribution in [0.1, 0.15) is 17.7 Å². The molecule has 0 bridgehead atoms. The molecule has 0 amide bonds. The number of hydrogen-bond acceptors (Lipinski definition) is 2. The summed E-state index contributed by atoms with van der Waals surface area (Å²) in [4.78, 5) is 0. The van der Waals surface area contributed by atoms with Crippen LogP contribution in [-0.4, -0.2) is 9.78 Å². The lowest BCUT2D eigenvalue weighted by atomic mass is 10.2. The van der Waals surface area contributed by atoms with Crippen molar-refractivity contribution in [1.29, 1.82) is 0 Å². The van der Waals surface area contributed by atoms with E-state index in [2.05, 4.69) is 5.10 Å². The van der Waals surface area contributed by atoms with E-state index in [1.807, 2.05) is 28.9 Å². The van der Waals surface area contributed by atoms with Gasteiger partial charge < -0.3 is 5.73 Å². The molecule has 1 aliphatic rings. The van der Waals surface area contributed by atoms with E-state index < -0.39 is 0 Å². The van der Waals surface area contributed by atoms with E-state index in [1.165, 1.54) is 11.3 Å². The smallest absolute Gasteiger partial charge is 0.149 e. The lowest BCUT2D eigenvalue weighted by molar-refractivity contribution is 0.788. The van der Waals surface area contributed by atoms with Crippen molar-refractivity contribution in [3.05, 3.63) is 40.5 Å². The summed E-state index contributed by atoms with van der Waals surface area (Å²) < 4.78 is 1.92. The molecule has 0 unspecified atom stereocenters. The average molecular weight is 234 g/mol. The van der Waals surface area contributed by atoms with Gasteiger partial charge in [0.2, 0.25) is 0 Å². The summed E-state index contributed by atoms with van der Waals surface area (Å²) in [7, 11) is 0. The van der Waals surface area contributed by atoms with Crippen LogP contribution in [0.3, 0.4) is 0 Å². The second-order valence-corrected chi connectivity index (χ2v) is 4.49. The number of anilines is 1. The largest absolute Gasteiger partial charge is 0.382 e. The normalized spacial score (nSPS) is 14.1. The van der Waals surface area contributed by atoms with Gasteiger partial charge in [-0.25, -0.2) is 4.68 Å². The minimum atomic E-state index is 0.660. The zero-order chi connectivity index (χ0) is 11.1. The minimum absolute atomic E-state index is 0.660. The summed E-state index contributed by atoms with van der Waals surface area (Å²) in [6.07, 6.45) is 3.26. The van der Waals surface area contributed by atoms with Crippen molar-refractivity contribution in [3.63, 3.8) is 0 Å². The number of nitrogens with two attached hydrogens (primary N) is 1. The van der Waals surface area contributed by atoms with Crippen LogP contribution in [0.15, 0.2) is 24.3 Å². The molecule has 1 aromatic heterocycles. The minimum Gasteiger partial charge on any atom is -0.382 e. The number of nitrogens with zero attached hydrogens (tertiary/aromatic N) is 2. The van der Waals surface area contributed by atoms with Gasteiger partial charge in [0.25, 0.3) is 0 Å². The Kier molecular flexibility index (Phi) is 2.14. The summed E-state index contributed by atoms with van der Waals surface area (Å²) in [5, 5.41) is 5.10.